The summed E-state index contributed by atoms with van der Waals surface area (Å²) >= 11 is 0. The number of hydrogen-bond acceptors (Lipinski definition) is 6. The molecule has 1 aliphatic carbocycles. The molecule has 1 aromatic carbocycles. The molecule has 31 heavy (non-hydrogen) atoms. The average molecular weight is 437 g/mol. The molecule has 1 fully saturated rings. The normalized spacial score (nSPS) is 18.4. The zero-order valence-corrected chi connectivity index (χ0v) is 18.7. The second-order valence-electron chi connectivity index (χ2n) is 7.89. The summed E-state index contributed by atoms with van der Waals surface area (Å²) < 4.78 is 10.7. The minimum Gasteiger partial charge on any atom is -0.494 e. The van der Waals surface area contributed by atoms with Crippen molar-refractivity contribution < 1.29 is 28.8 Å². The van der Waals surface area contributed by atoms with E-state index in [1.807, 2.05) is 0 Å². The summed E-state index contributed by atoms with van der Waals surface area (Å²) in [5.74, 6) is 0.552. The Morgan fingerprint density at radius 1 is 0.903 bits per heavy atom. The Bertz CT molecular complexity index is 644. The number of rotatable bonds is 13. The van der Waals surface area contributed by atoms with Crippen LogP contribution in [0.15, 0.2) is 24.3 Å². The van der Waals surface area contributed by atoms with Crippen LogP contribution in [0.4, 0.5) is 0 Å². The lowest BCUT2D eigenvalue weighted by Gasteiger charge is -2.27. The third-order valence-electron chi connectivity index (χ3n) is 5.57. The maximum atomic E-state index is 12.3. The predicted molar refractivity (Wildman–Crippen MR) is 116 cm³/mol. The zero-order valence-electron chi connectivity index (χ0n) is 18.7. The molecule has 8 nitrogen and oxygen atoms in total. The number of carbonyl (C=O) groups is 2. The molecule has 0 spiro atoms. The summed E-state index contributed by atoms with van der Waals surface area (Å²) in [7, 11) is 3.21. The number of benzene rings is 1. The molecular weight excluding hydrogens is 400 g/mol. The fraction of sp³-hybridized carbons (Fsp3) is 0.652. The van der Waals surface area contributed by atoms with Gasteiger partial charge < -0.3 is 9.47 Å². The molecule has 8 heteroatoms. The number of unbranched alkanes of at least 4 members (excludes halogenated alkanes) is 3. The van der Waals surface area contributed by atoms with Crippen molar-refractivity contribution in [2.24, 2.45) is 11.8 Å². The number of hydrazine groups is 1. The van der Waals surface area contributed by atoms with Gasteiger partial charge in [-0.2, -0.15) is 0 Å². The molecular formula is C23H36N2O6. The highest BCUT2D eigenvalue weighted by molar-refractivity contribution is 5.95. The smallest absolute Gasteiger partial charge is 0.269 e. The molecule has 0 unspecified atom stereocenters. The van der Waals surface area contributed by atoms with Crippen LogP contribution in [-0.2, 0) is 19.3 Å². The Hall–Kier alpha value is -2.16. The van der Waals surface area contributed by atoms with Crippen LogP contribution < -0.4 is 15.6 Å². The van der Waals surface area contributed by atoms with Crippen LogP contribution in [0.5, 0.6) is 5.75 Å². The highest BCUT2D eigenvalue weighted by Crippen LogP contribution is 2.29. The van der Waals surface area contributed by atoms with Gasteiger partial charge >= 0.3 is 0 Å². The summed E-state index contributed by atoms with van der Waals surface area (Å²) in [4.78, 5) is 34.2. The molecule has 0 aliphatic heterocycles. The first-order valence-electron chi connectivity index (χ1n) is 11.1. The summed E-state index contributed by atoms with van der Waals surface area (Å²) in [6, 6.07) is 6.92. The summed E-state index contributed by atoms with van der Waals surface area (Å²) in [5, 5.41) is 0. The molecule has 2 rings (SSSR count). The first kappa shape index (κ1) is 25.1. The van der Waals surface area contributed by atoms with Crippen LogP contribution in [0.25, 0.3) is 0 Å². The van der Waals surface area contributed by atoms with Crippen molar-refractivity contribution in [1.29, 1.82) is 0 Å². The molecule has 0 atom stereocenters. The highest BCUT2D eigenvalue weighted by atomic mass is 17.2. The second-order valence-corrected chi connectivity index (χ2v) is 7.89. The second kappa shape index (κ2) is 14.8. The van der Waals surface area contributed by atoms with E-state index in [9.17, 15) is 9.59 Å². The molecule has 174 valence electrons. The van der Waals surface area contributed by atoms with Crippen molar-refractivity contribution in [3.05, 3.63) is 29.8 Å². The molecule has 1 saturated carbocycles. The van der Waals surface area contributed by atoms with Gasteiger partial charge in [-0.1, -0.05) is 6.42 Å². The largest absolute Gasteiger partial charge is 0.494 e. The first-order chi connectivity index (χ1) is 15.1. The maximum absolute atomic E-state index is 12.3. The topological polar surface area (TPSA) is 95.1 Å². The molecule has 2 N–H and O–H groups in total. The van der Waals surface area contributed by atoms with Gasteiger partial charge in [0.1, 0.15) is 5.75 Å². The van der Waals surface area contributed by atoms with E-state index in [2.05, 4.69) is 15.7 Å². The maximum Gasteiger partial charge on any atom is 0.269 e. The predicted octanol–water partition coefficient (Wildman–Crippen LogP) is 3.42. The van der Waals surface area contributed by atoms with Crippen molar-refractivity contribution in [3.63, 3.8) is 0 Å². The van der Waals surface area contributed by atoms with Gasteiger partial charge in [0.05, 0.1) is 20.3 Å². The van der Waals surface area contributed by atoms with E-state index in [-0.39, 0.29) is 17.7 Å². The summed E-state index contributed by atoms with van der Waals surface area (Å²) in [5.41, 5.74) is 5.52. The van der Waals surface area contributed by atoms with E-state index in [0.717, 1.165) is 63.7 Å². The molecule has 2 amide bonds. The molecule has 1 aromatic rings. The molecule has 0 heterocycles. The summed E-state index contributed by atoms with van der Waals surface area (Å²) in [6.07, 6.45) is 7.66. The fourth-order valence-corrected chi connectivity index (χ4v) is 3.64. The van der Waals surface area contributed by atoms with E-state index in [4.69, 9.17) is 14.4 Å². The fourth-order valence-electron chi connectivity index (χ4n) is 3.64. The van der Waals surface area contributed by atoms with Gasteiger partial charge in [-0.05, 0) is 75.1 Å². The van der Waals surface area contributed by atoms with Gasteiger partial charge in [0.25, 0.3) is 5.91 Å². The van der Waals surface area contributed by atoms with Crippen molar-refractivity contribution in [2.75, 3.05) is 34.0 Å². The molecule has 0 aromatic heterocycles. The first-order valence-corrected chi connectivity index (χ1v) is 11.1. The Morgan fingerprint density at radius 2 is 1.58 bits per heavy atom. The van der Waals surface area contributed by atoms with Crippen LogP contribution >= 0.6 is 0 Å². The van der Waals surface area contributed by atoms with Crippen molar-refractivity contribution in [2.45, 2.75) is 51.4 Å². The Morgan fingerprint density at radius 3 is 2.23 bits per heavy atom. The lowest BCUT2D eigenvalue weighted by atomic mass is 9.82. The van der Waals surface area contributed by atoms with Gasteiger partial charge in [-0.25, -0.2) is 9.78 Å². The number of carbonyl (C=O) groups excluding carboxylic acids is 2. The van der Waals surface area contributed by atoms with Gasteiger partial charge in [-0.3, -0.25) is 20.4 Å². The molecule has 0 radical (unpaired) electrons. The number of nitrogens with one attached hydrogen (secondary N) is 2. The minimum atomic E-state index is -0.347. The van der Waals surface area contributed by atoms with Gasteiger partial charge in [-0.15, -0.1) is 0 Å². The third-order valence-corrected chi connectivity index (χ3v) is 5.57. The summed E-state index contributed by atoms with van der Waals surface area (Å²) in [6.45, 7) is 2.00. The monoisotopic (exact) mass is 436 g/mol. The van der Waals surface area contributed by atoms with E-state index in [0.29, 0.717) is 24.7 Å². The van der Waals surface area contributed by atoms with Crippen molar-refractivity contribution in [1.82, 2.24) is 10.9 Å². The lowest BCUT2D eigenvalue weighted by molar-refractivity contribution is -0.281. The van der Waals surface area contributed by atoms with Crippen LogP contribution in [-0.4, -0.2) is 45.9 Å². The average Bonchev–Trinajstić information content (AvgIpc) is 2.81. The quantitative estimate of drug-likeness (QED) is 0.280. The number of ether oxygens (including phenoxy) is 2. The zero-order chi connectivity index (χ0) is 22.3. The van der Waals surface area contributed by atoms with E-state index in [1.54, 1.807) is 31.4 Å². The van der Waals surface area contributed by atoms with Crippen molar-refractivity contribution >= 4 is 11.8 Å². The molecule has 0 saturated heterocycles. The minimum absolute atomic E-state index is 0.0932. The standard InChI is InChI=1S/C23H36N2O6/c1-28-15-5-3-4-6-16-30-21-13-11-20(12-14-21)23(27)25-24-22(26)19-9-7-18(8-10-19)17-31-29-2/h11-14,18-19H,3-10,15-17H2,1-2H3,(H,24,26)(H,25,27). The molecule has 1 aliphatic rings. The number of amides is 2. The Balaban J connectivity index is 1.63. The number of methoxy groups -OCH3 is 1. The Labute approximate surface area is 184 Å². The van der Waals surface area contributed by atoms with Crippen LogP contribution in [0.2, 0.25) is 0 Å². The Kier molecular flexibility index (Phi) is 12.0. The van der Waals surface area contributed by atoms with Crippen molar-refractivity contribution in [3.8, 4) is 5.75 Å². The van der Waals surface area contributed by atoms with Crippen LogP contribution in [0, 0.1) is 11.8 Å². The highest BCUT2D eigenvalue weighted by Gasteiger charge is 2.26. The van der Waals surface area contributed by atoms with Gasteiger partial charge in [0.15, 0.2) is 0 Å². The number of hydrogen-bond donors (Lipinski definition) is 2. The molecule has 0 bridgehead atoms. The van der Waals surface area contributed by atoms with Gasteiger partial charge in [0.2, 0.25) is 5.91 Å². The van der Waals surface area contributed by atoms with E-state index < -0.39 is 0 Å². The lowest BCUT2D eigenvalue weighted by Crippen LogP contribution is -2.45. The third kappa shape index (κ3) is 9.67. The SMILES string of the molecule is COCCCCCCOc1ccc(C(=O)NNC(=O)C2CCC(COOC)CC2)cc1. The van der Waals surface area contributed by atoms with Crippen LogP contribution in [0.1, 0.15) is 61.7 Å². The van der Waals surface area contributed by atoms with E-state index in [1.165, 1.54) is 7.11 Å². The van der Waals surface area contributed by atoms with Gasteiger partial charge in [0, 0.05) is 25.2 Å². The van der Waals surface area contributed by atoms with E-state index >= 15 is 0 Å². The van der Waals surface area contributed by atoms with Crippen LogP contribution in [0.3, 0.4) is 0 Å².